The summed E-state index contributed by atoms with van der Waals surface area (Å²) in [7, 11) is 1.48. The molecule has 12 rings (SSSR count). The molecular weight excluding hydrogens is 1390 g/mol. The molecule has 0 spiro atoms. The Kier molecular flexibility index (Phi) is 22.7. The molecular formula is C66H77Cl2N11O23. The van der Waals surface area contributed by atoms with Crippen molar-refractivity contribution in [2.45, 2.75) is 156 Å². The Morgan fingerprint density at radius 3 is 1.91 bits per heavy atom. The summed E-state index contributed by atoms with van der Waals surface area (Å²) in [5.74, 6) is -10.0. The number of carbonyl (C=O) groups is 8. The van der Waals surface area contributed by atoms with Gasteiger partial charge in [0.1, 0.15) is 89.5 Å². The molecule has 7 aliphatic rings. The fourth-order valence-electron chi connectivity index (χ4n) is 12.6. The van der Waals surface area contributed by atoms with Crippen molar-refractivity contribution < 1.29 is 113 Å². The number of phenols is 3. The second-order valence-corrected chi connectivity index (χ2v) is 26.8. The van der Waals surface area contributed by atoms with Crippen LogP contribution in [0.3, 0.4) is 0 Å². The Hall–Kier alpha value is -9.24. The van der Waals surface area contributed by atoms with Gasteiger partial charge in [0.05, 0.1) is 34.7 Å². The lowest BCUT2D eigenvalue weighted by atomic mass is 9.86. The molecule has 548 valence electrons. The number of hydrogen-bond acceptors (Lipinski definition) is 26. The van der Waals surface area contributed by atoms with Crippen molar-refractivity contribution in [1.29, 1.82) is 0 Å². The molecule has 5 aromatic carbocycles. The maximum Gasteiger partial charge on any atom is 0.330 e. The van der Waals surface area contributed by atoms with E-state index in [0.717, 1.165) is 66.7 Å². The lowest BCUT2D eigenvalue weighted by Crippen LogP contribution is -2.65. The fraction of sp³-hybridized carbons (Fsp3) is 0.424. The van der Waals surface area contributed by atoms with Crippen LogP contribution in [0.15, 0.2) is 78.9 Å². The van der Waals surface area contributed by atoms with Crippen LogP contribution in [0, 0.1) is 5.92 Å². The fourth-order valence-corrected chi connectivity index (χ4v) is 13.1. The Balaban J connectivity index is 1.24. The Morgan fingerprint density at radius 2 is 1.32 bits per heavy atom. The van der Waals surface area contributed by atoms with Crippen molar-refractivity contribution in [1.82, 2.24) is 42.6 Å². The summed E-state index contributed by atoms with van der Waals surface area (Å²) in [6, 6.07) is -0.485. The van der Waals surface area contributed by atoms with Crippen molar-refractivity contribution >= 4 is 70.5 Å². The molecule has 0 radical (unpaired) electrons. The number of phenolic OH excluding ortho intramolecular Hbond substituents is 3. The number of halogens is 2. The first-order valence-corrected chi connectivity index (χ1v) is 32.7. The van der Waals surface area contributed by atoms with Crippen molar-refractivity contribution in [3.8, 4) is 57.1 Å². The quantitative estimate of drug-likeness (QED) is 0.0496. The molecule has 34 nitrogen and oxygen atoms in total. The summed E-state index contributed by atoms with van der Waals surface area (Å²) in [5.41, 5.74) is 10.5. The molecule has 0 aliphatic carbocycles. The number of hydrogen-bond donors (Lipinski definition) is 20. The van der Waals surface area contributed by atoms with Crippen LogP contribution in [0.2, 0.25) is 10.0 Å². The molecule has 0 aromatic heterocycles. The first kappa shape index (κ1) is 75.4. The number of nitrogens with one attached hydrogen (secondary N) is 8. The van der Waals surface area contributed by atoms with Crippen LogP contribution in [-0.4, -0.2) is 186 Å². The average Bonchev–Trinajstić information content (AvgIpc) is 0.768. The number of amides is 7. The standard InChI is InChI=1S/C66H77Cl2N11O23/c1-23(2)12-34(72-5)58(89)78-49-51(84)26-7-10-38(32(67)14-26)98-40-16-28-17-41(55(40)102-65-56(54(87)53(86)42(100-65)22-73-71)101-44-21-66(4,70)57(88)24(3)97-44)99-39-11-8-27(15-33(39)68)52(85)50-63(94)77-48(64(95)96)31-18-29(80)19-37(82)45(31)30-13-25(6-9-36(30)81)46(60(91)79-50)76-61(92)47(28)75-59(90)35(20-43(69)83)74-62(49)93/h6-11,13-19,23-24,34-35,42,44,46-54,56-57,65,72-73,80-82,84-88H,12,20-22,70-71H2,1-5H3,(H2,69,83)(H,74,93)(H,75,90)(H,76,92)(H,77,94)(H,78,89)(H,79,91)(H,95,96)/t24?,34-,35+,42?,44?,46?,47?,48-,49-,50+,51-,52-,53?,54?,56?,57?,65?,66?/m1/s1. The summed E-state index contributed by atoms with van der Waals surface area (Å²) in [6.07, 6.45) is -18.0. The number of nitrogens with two attached hydrogens (primary N) is 3. The SMILES string of the molecule is CN[C@H](CC(C)C)C(=O)N[C@H]1C(=O)N[C@@H](CC(N)=O)C(=O)NC2C(=O)NC3C(=O)N[C@H](C(=O)N[C@@H](C(=O)O)c4cc(O)cc(O)c4-c4cc3ccc4O)[C@H](O)c3ccc(c(Cl)c3)Oc3cc2cc(c3OC2OC(CNN)C(O)C(O)C2OC2CC(C)(N)C(O)C(C)O2)Oc2ccc(cc2Cl)[C@H]1O. The number of carboxylic acids is 1. The van der Waals surface area contributed by atoms with Crippen LogP contribution in [0.1, 0.15) is 105 Å². The Morgan fingerprint density at radius 1 is 0.716 bits per heavy atom. The molecule has 2 fully saturated rings. The number of aliphatic hydroxyl groups is 5. The number of ether oxygens (including phenoxy) is 6. The zero-order valence-electron chi connectivity index (χ0n) is 55.0. The Bertz CT molecular complexity index is 4100. The monoisotopic (exact) mass is 1460 g/mol. The van der Waals surface area contributed by atoms with Crippen molar-refractivity contribution in [3.05, 3.63) is 117 Å². The van der Waals surface area contributed by atoms with E-state index in [2.05, 4.69) is 42.6 Å². The highest BCUT2D eigenvalue weighted by molar-refractivity contribution is 6.32. The number of aromatic hydroxyl groups is 3. The molecule has 0 saturated carbocycles. The second-order valence-electron chi connectivity index (χ2n) is 25.9. The van der Waals surface area contributed by atoms with Gasteiger partial charge in [0, 0.05) is 41.3 Å². The van der Waals surface area contributed by atoms with Gasteiger partial charge in [-0.2, -0.15) is 0 Å². The lowest BCUT2D eigenvalue weighted by Gasteiger charge is -2.47. The number of aliphatic carboxylic acids is 1. The molecule has 18 atom stereocenters. The first-order chi connectivity index (χ1) is 48.2. The molecule has 2 saturated heterocycles. The zero-order chi connectivity index (χ0) is 74.2. The number of carboxylic acid groups (broad SMARTS) is 1. The third-order valence-electron chi connectivity index (χ3n) is 17.9. The molecule has 102 heavy (non-hydrogen) atoms. The normalized spacial score (nSPS) is 29.3. The number of rotatable bonds is 14. The van der Waals surface area contributed by atoms with E-state index in [0.29, 0.717) is 0 Å². The number of benzene rings is 5. The van der Waals surface area contributed by atoms with Gasteiger partial charge in [-0.15, -0.1) is 0 Å². The van der Waals surface area contributed by atoms with Crippen molar-refractivity contribution in [3.63, 3.8) is 0 Å². The van der Waals surface area contributed by atoms with Gasteiger partial charge in [0.2, 0.25) is 53.4 Å². The van der Waals surface area contributed by atoms with E-state index in [1.54, 1.807) is 0 Å². The number of primary amides is 1. The molecule has 7 amide bonds. The van der Waals surface area contributed by atoms with Gasteiger partial charge >= 0.3 is 5.97 Å². The van der Waals surface area contributed by atoms with E-state index in [1.165, 1.54) is 33.0 Å². The summed E-state index contributed by atoms with van der Waals surface area (Å²) in [5, 5.41) is 120. The molecule has 5 aromatic rings. The van der Waals surface area contributed by atoms with E-state index in [1.807, 2.05) is 13.8 Å². The highest BCUT2D eigenvalue weighted by atomic mass is 35.5. The number of hydrazine groups is 1. The first-order valence-electron chi connectivity index (χ1n) is 31.9. The molecule has 7 heterocycles. The van der Waals surface area contributed by atoms with E-state index >= 15 is 14.4 Å². The van der Waals surface area contributed by atoms with Crippen molar-refractivity contribution in [2.75, 3.05) is 13.6 Å². The predicted molar refractivity (Wildman–Crippen MR) is 354 cm³/mol. The number of aliphatic hydroxyl groups excluding tert-OH is 5. The minimum Gasteiger partial charge on any atom is -0.508 e. The van der Waals surface area contributed by atoms with Gasteiger partial charge in [-0.25, -0.2) is 4.79 Å². The van der Waals surface area contributed by atoms with Gasteiger partial charge in [-0.05, 0) is 110 Å². The number of carbonyl (C=O) groups excluding carboxylic acids is 7. The number of likely N-dealkylation sites (N-methyl/N-ethyl adjacent to an activating group) is 1. The van der Waals surface area contributed by atoms with Crippen LogP contribution < -0.4 is 74.2 Å². The van der Waals surface area contributed by atoms with Crippen LogP contribution in [0.5, 0.6) is 46.0 Å². The largest absolute Gasteiger partial charge is 0.508 e. The summed E-state index contributed by atoms with van der Waals surface area (Å²) < 4.78 is 38.8. The minimum atomic E-state index is -2.33. The molecule has 23 N–H and O–H groups in total. The van der Waals surface area contributed by atoms with E-state index in [9.17, 15) is 69.9 Å². The maximum atomic E-state index is 16.1. The third kappa shape index (κ3) is 16.0. The lowest BCUT2D eigenvalue weighted by molar-refractivity contribution is -0.330. The molecule has 7 aliphatic heterocycles. The van der Waals surface area contributed by atoms with Crippen LogP contribution in [0.4, 0.5) is 0 Å². The van der Waals surface area contributed by atoms with Crippen LogP contribution in [-0.2, 0) is 52.6 Å². The van der Waals surface area contributed by atoms with E-state index < -0.39 is 225 Å². The molecule has 11 bridgehead atoms. The highest BCUT2D eigenvalue weighted by Gasteiger charge is 2.51. The van der Waals surface area contributed by atoms with Gasteiger partial charge < -0.3 is 123 Å². The summed E-state index contributed by atoms with van der Waals surface area (Å²) in [6.45, 7) is 6.29. The number of fused-ring (bicyclic) bond motifs is 15. The predicted octanol–water partition coefficient (Wildman–Crippen LogP) is -0.423. The van der Waals surface area contributed by atoms with E-state index in [4.69, 9.17) is 68.9 Å². The second kappa shape index (κ2) is 30.8. The van der Waals surface area contributed by atoms with Crippen molar-refractivity contribution in [2.24, 2.45) is 23.2 Å². The van der Waals surface area contributed by atoms with Gasteiger partial charge in [-0.1, -0.05) is 55.2 Å². The average molecular weight is 1460 g/mol. The summed E-state index contributed by atoms with van der Waals surface area (Å²) in [4.78, 5) is 117. The van der Waals surface area contributed by atoms with Crippen LogP contribution in [0.25, 0.3) is 11.1 Å². The van der Waals surface area contributed by atoms with E-state index in [-0.39, 0.29) is 58.5 Å². The summed E-state index contributed by atoms with van der Waals surface area (Å²) >= 11 is 14.2. The zero-order valence-corrected chi connectivity index (χ0v) is 56.5. The smallest absolute Gasteiger partial charge is 0.330 e. The highest BCUT2D eigenvalue weighted by Crippen LogP contribution is 2.50. The molecule has 11 unspecified atom stereocenters. The van der Waals surface area contributed by atoms with Gasteiger partial charge in [-0.3, -0.25) is 44.8 Å². The van der Waals surface area contributed by atoms with Gasteiger partial charge in [0.15, 0.2) is 29.9 Å². The molecule has 36 heteroatoms. The third-order valence-corrected chi connectivity index (χ3v) is 18.5. The minimum absolute atomic E-state index is 0.0948. The van der Waals surface area contributed by atoms with Crippen LogP contribution >= 0.6 is 23.2 Å². The topological polar surface area (TPSA) is 548 Å². The Labute approximate surface area is 590 Å². The maximum absolute atomic E-state index is 16.1. The van der Waals surface area contributed by atoms with Gasteiger partial charge in [0.25, 0.3) is 0 Å².